The topological polar surface area (TPSA) is 132 Å². The van der Waals surface area contributed by atoms with Crippen LogP contribution in [0.15, 0.2) is 4.99 Å². The summed E-state index contributed by atoms with van der Waals surface area (Å²) < 4.78 is 4.29. The minimum Gasteiger partial charge on any atom is -0.453 e. The molecule has 0 bridgehead atoms. The smallest absolute Gasteiger partial charge is 0.413 e. The number of hydrogen-bond donors (Lipinski definition) is 2. The maximum atomic E-state index is 10.8. The number of nitrogens with zero attached hydrogens (tertiary/aromatic N) is 4. The highest BCUT2D eigenvalue weighted by molar-refractivity contribution is 5.82. The number of amides is 1. The molecule has 78 valence electrons. The van der Waals surface area contributed by atoms with E-state index in [9.17, 15) is 9.59 Å². The molecule has 0 aliphatic heterocycles. The summed E-state index contributed by atoms with van der Waals surface area (Å²) in [6.07, 6.45) is 0.452. The predicted octanol–water partition coefficient (Wildman–Crippen LogP) is -0.401. The molecule has 0 unspecified atom stereocenters. The highest BCUT2D eigenvalue weighted by Gasteiger charge is 2.07. The number of isocyanates is 1. The second-order valence-electron chi connectivity index (χ2n) is 2.14. The van der Waals surface area contributed by atoms with Gasteiger partial charge in [-0.1, -0.05) is 0 Å². The van der Waals surface area contributed by atoms with E-state index in [0.717, 1.165) is 0 Å². The summed E-state index contributed by atoms with van der Waals surface area (Å²) in [5.41, 5.74) is 5.26. The quantitative estimate of drug-likeness (QED) is 0.501. The number of hydrogen-bond acceptors (Lipinski definition) is 8. The average Bonchev–Trinajstić information content (AvgIpc) is 2.17. The molecule has 0 fully saturated rings. The van der Waals surface area contributed by atoms with Crippen LogP contribution in [-0.2, 0) is 9.53 Å². The van der Waals surface area contributed by atoms with Gasteiger partial charge in [-0.15, -0.1) is 4.99 Å². The van der Waals surface area contributed by atoms with Crippen molar-refractivity contribution in [3.05, 3.63) is 0 Å². The zero-order valence-corrected chi connectivity index (χ0v) is 7.59. The second-order valence-corrected chi connectivity index (χ2v) is 2.14. The maximum absolute atomic E-state index is 10.8. The fraction of sp³-hybridized carbons (Fsp3) is 0.167. The fourth-order valence-electron chi connectivity index (χ4n) is 0.670. The average molecular weight is 210 g/mol. The first-order chi connectivity index (χ1) is 7.15. The van der Waals surface area contributed by atoms with Gasteiger partial charge in [0.2, 0.25) is 18.0 Å². The molecule has 9 nitrogen and oxygen atoms in total. The minimum atomic E-state index is -0.776. The molecular weight excluding hydrogens is 204 g/mol. The van der Waals surface area contributed by atoms with Crippen molar-refractivity contribution in [2.45, 2.75) is 0 Å². The summed E-state index contributed by atoms with van der Waals surface area (Å²) in [6, 6.07) is 0. The van der Waals surface area contributed by atoms with Crippen LogP contribution >= 0.6 is 0 Å². The summed E-state index contributed by atoms with van der Waals surface area (Å²) in [5, 5.41) is 2.14. The largest absolute Gasteiger partial charge is 0.453 e. The molecular formula is C6H6N6O3. The lowest BCUT2D eigenvalue weighted by Crippen LogP contribution is -2.14. The summed E-state index contributed by atoms with van der Waals surface area (Å²) in [4.78, 5) is 34.4. The lowest BCUT2D eigenvalue weighted by molar-refractivity contribution is 0.186. The van der Waals surface area contributed by atoms with E-state index in [1.807, 2.05) is 0 Å². The number of aliphatic imine (C=N–C) groups is 1. The molecule has 0 spiro atoms. The highest BCUT2D eigenvalue weighted by Crippen LogP contribution is 2.08. The maximum Gasteiger partial charge on any atom is 0.413 e. The van der Waals surface area contributed by atoms with E-state index in [1.54, 1.807) is 0 Å². The van der Waals surface area contributed by atoms with Crippen molar-refractivity contribution in [3.63, 3.8) is 0 Å². The molecule has 1 aromatic rings. The number of ether oxygens (including phenoxy) is 1. The zero-order chi connectivity index (χ0) is 11.3. The summed E-state index contributed by atoms with van der Waals surface area (Å²) >= 11 is 0. The Kier molecular flexibility index (Phi) is 3.25. The summed E-state index contributed by atoms with van der Waals surface area (Å²) in [7, 11) is 1.17. The first-order valence-electron chi connectivity index (χ1n) is 3.60. The Morgan fingerprint density at radius 1 is 1.53 bits per heavy atom. The van der Waals surface area contributed by atoms with Gasteiger partial charge in [-0.05, 0) is 0 Å². The van der Waals surface area contributed by atoms with Crippen LogP contribution in [0.4, 0.5) is 22.6 Å². The molecule has 1 rings (SSSR count). The molecule has 15 heavy (non-hydrogen) atoms. The molecule has 1 amide bonds. The first-order valence-corrected chi connectivity index (χ1v) is 3.60. The van der Waals surface area contributed by atoms with Gasteiger partial charge < -0.3 is 10.5 Å². The molecule has 0 atom stereocenters. The Balaban J connectivity index is 2.98. The highest BCUT2D eigenvalue weighted by atomic mass is 16.5. The molecule has 1 heterocycles. The number of carbonyl (C=O) groups is 1. The Bertz CT molecular complexity index is 427. The molecule has 3 N–H and O–H groups in total. The number of aromatic nitrogens is 3. The van der Waals surface area contributed by atoms with Crippen LogP contribution in [0.1, 0.15) is 0 Å². The van der Waals surface area contributed by atoms with Crippen LogP contribution < -0.4 is 11.1 Å². The number of carbonyl (C=O) groups excluding carboxylic acids is 2. The van der Waals surface area contributed by atoms with Crippen LogP contribution in [0, 0.1) is 0 Å². The van der Waals surface area contributed by atoms with Gasteiger partial charge in [-0.25, -0.2) is 9.59 Å². The zero-order valence-electron chi connectivity index (χ0n) is 7.59. The predicted molar refractivity (Wildman–Crippen MR) is 48.0 cm³/mol. The van der Waals surface area contributed by atoms with E-state index in [2.05, 4.69) is 30.0 Å². The van der Waals surface area contributed by atoms with Crippen LogP contribution in [0.5, 0.6) is 0 Å². The van der Waals surface area contributed by atoms with Crippen molar-refractivity contribution < 1.29 is 14.3 Å². The fourth-order valence-corrected chi connectivity index (χ4v) is 0.670. The van der Waals surface area contributed by atoms with Crippen molar-refractivity contribution in [3.8, 4) is 0 Å². The van der Waals surface area contributed by atoms with Gasteiger partial charge >= 0.3 is 6.09 Å². The number of rotatable bonds is 2. The van der Waals surface area contributed by atoms with Crippen molar-refractivity contribution >= 4 is 30.0 Å². The minimum absolute atomic E-state index is 0.164. The molecule has 1 aromatic heterocycles. The van der Waals surface area contributed by atoms with Crippen molar-refractivity contribution in [1.29, 1.82) is 0 Å². The van der Waals surface area contributed by atoms with Crippen LogP contribution in [0.3, 0.4) is 0 Å². The van der Waals surface area contributed by atoms with Gasteiger partial charge in [0.1, 0.15) is 0 Å². The third-order valence-corrected chi connectivity index (χ3v) is 1.19. The number of anilines is 2. The van der Waals surface area contributed by atoms with Crippen molar-refractivity contribution in [2.75, 3.05) is 18.2 Å². The van der Waals surface area contributed by atoms with Crippen LogP contribution in [-0.4, -0.2) is 34.2 Å². The Labute approximate surface area is 83.4 Å². The lowest BCUT2D eigenvalue weighted by Gasteiger charge is -2.01. The molecule has 0 radical (unpaired) electrons. The number of methoxy groups -OCH3 is 1. The Morgan fingerprint density at radius 2 is 2.27 bits per heavy atom. The van der Waals surface area contributed by atoms with Gasteiger partial charge in [0, 0.05) is 0 Å². The molecule has 0 aromatic carbocycles. The third-order valence-electron chi connectivity index (χ3n) is 1.19. The Hall–Kier alpha value is -2.54. The number of nitrogens with two attached hydrogens (primary N) is 1. The monoisotopic (exact) mass is 210 g/mol. The normalized spacial score (nSPS) is 8.87. The second kappa shape index (κ2) is 4.63. The molecule has 0 aliphatic carbocycles. The van der Waals surface area contributed by atoms with Gasteiger partial charge in [-0.3, -0.25) is 5.32 Å². The molecule has 9 heteroatoms. The van der Waals surface area contributed by atoms with E-state index in [4.69, 9.17) is 5.73 Å². The van der Waals surface area contributed by atoms with E-state index in [-0.39, 0.29) is 17.8 Å². The van der Waals surface area contributed by atoms with E-state index in [1.165, 1.54) is 13.2 Å². The van der Waals surface area contributed by atoms with E-state index < -0.39 is 6.09 Å². The van der Waals surface area contributed by atoms with E-state index >= 15 is 0 Å². The molecule has 0 aliphatic rings. The lowest BCUT2D eigenvalue weighted by atomic mass is 10.8. The van der Waals surface area contributed by atoms with Crippen molar-refractivity contribution in [2.24, 2.45) is 4.99 Å². The van der Waals surface area contributed by atoms with Crippen molar-refractivity contribution in [1.82, 2.24) is 15.0 Å². The van der Waals surface area contributed by atoms with Gasteiger partial charge in [0.15, 0.2) is 0 Å². The van der Waals surface area contributed by atoms with Gasteiger partial charge in [0.05, 0.1) is 7.11 Å². The molecule has 0 saturated carbocycles. The molecule has 0 saturated heterocycles. The van der Waals surface area contributed by atoms with E-state index in [0.29, 0.717) is 0 Å². The van der Waals surface area contributed by atoms with Crippen LogP contribution in [0.2, 0.25) is 0 Å². The van der Waals surface area contributed by atoms with Crippen LogP contribution in [0.25, 0.3) is 0 Å². The SMILES string of the molecule is COC(=O)Nc1nc(N)nc(N=C=O)n1. The third kappa shape index (κ3) is 3.01. The summed E-state index contributed by atoms with van der Waals surface area (Å²) in [6.45, 7) is 0. The van der Waals surface area contributed by atoms with Gasteiger partial charge in [0.25, 0.3) is 5.95 Å². The number of nitrogens with one attached hydrogen (secondary N) is 1. The standard InChI is InChI=1S/C6H6N6O3/c1-15-6(14)12-5-10-3(7)9-4(11-5)8-2-13/h1H3,(H3,7,9,10,11,12,14). The Morgan fingerprint density at radius 3 is 2.87 bits per heavy atom. The van der Waals surface area contributed by atoms with Gasteiger partial charge in [-0.2, -0.15) is 15.0 Å². The first kappa shape index (κ1) is 10.5. The number of nitrogen functional groups attached to an aromatic ring is 1. The summed E-state index contributed by atoms with van der Waals surface area (Å²) in [5.74, 6) is -0.599.